The molecule has 0 saturated carbocycles. The van der Waals surface area contributed by atoms with Crippen LogP contribution in [0.2, 0.25) is 0 Å². The fourth-order valence-electron chi connectivity index (χ4n) is 1.34. The molecule has 0 aliphatic heterocycles. The standard InChI is InChI=1S/C11H14BrNO4/c1-3-6(2)9(11(15)16)13-10(14)7-4-8(12)17-5-7/h4-6,9H,3H2,1-2H3,(H,13,14)(H,15,16)/t6-,9-/m1/s1. The molecule has 1 aromatic rings. The number of carbonyl (C=O) groups is 2. The second-order valence-electron chi connectivity index (χ2n) is 3.81. The lowest BCUT2D eigenvalue weighted by atomic mass is 9.99. The highest BCUT2D eigenvalue weighted by Crippen LogP contribution is 2.15. The number of carboxylic acids is 1. The molecule has 0 aromatic carbocycles. The van der Waals surface area contributed by atoms with Crippen LogP contribution in [-0.2, 0) is 4.79 Å². The predicted octanol–water partition coefficient (Wildman–Crippen LogP) is 2.27. The van der Waals surface area contributed by atoms with E-state index in [9.17, 15) is 9.59 Å². The minimum Gasteiger partial charge on any atom is -0.480 e. The molecular weight excluding hydrogens is 290 g/mol. The van der Waals surface area contributed by atoms with Crippen LogP contribution in [-0.4, -0.2) is 23.0 Å². The third kappa shape index (κ3) is 3.59. The van der Waals surface area contributed by atoms with Crippen molar-refractivity contribution in [2.45, 2.75) is 26.3 Å². The number of halogens is 1. The lowest BCUT2D eigenvalue weighted by molar-refractivity contribution is -0.140. The van der Waals surface area contributed by atoms with E-state index in [4.69, 9.17) is 9.52 Å². The summed E-state index contributed by atoms with van der Waals surface area (Å²) in [5, 5.41) is 11.5. The molecule has 6 heteroatoms. The zero-order valence-corrected chi connectivity index (χ0v) is 11.2. The van der Waals surface area contributed by atoms with Crippen LogP contribution < -0.4 is 5.32 Å². The van der Waals surface area contributed by atoms with E-state index in [0.29, 0.717) is 16.7 Å². The smallest absolute Gasteiger partial charge is 0.326 e. The topological polar surface area (TPSA) is 79.5 Å². The Bertz CT molecular complexity index is 415. The van der Waals surface area contributed by atoms with Gasteiger partial charge >= 0.3 is 5.97 Å². The van der Waals surface area contributed by atoms with Crippen molar-refractivity contribution >= 4 is 27.8 Å². The molecule has 0 bridgehead atoms. The molecule has 0 saturated heterocycles. The van der Waals surface area contributed by atoms with Crippen molar-refractivity contribution < 1.29 is 19.1 Å². The summed E-state index contributed by atoms with van der Waals surface area (Å²) in [6.45, 7) is 3.66. The molecule has 2 N–H and O–H groups in total. The Morgan fingerprint density at radius 2 is 2.24 bits per heavy atom. The van der Waals surface area contributed by atoms with Crippen LogP contribution in [0.5, 0.6) is 0 Å². The first-order chi connectivity index (χ1) is 7.95. The minimum absolute atomic E-state index is 0.133. The molecule has 1 amide bonds. The van der Waals surface area contributed by atoms with Gasteiger partial charge in [0.2, 0.25) is 0 Å². The van der Waals surface area contributed by atoms with Crippen molar-refractivity contribution in [2.75, 3.05) is 0 Å². The van der Waals surface area contributed by atoms with Crippen LogP contribution in [0.15, 0.2) is 21.4 Å². The highest BCUT2D eigenvalue weighted by Gasteiger charge is 2.26. The van der Waals surface area contributed by atoms with E-state index in [1.807, 2.05) is 6.92 Å². The maximum Gasteiger partial charge on any atom is 0.326 e. The normalized spacial score (nSPS) is 14.1. The Labute approximate surface area is 107 Å². The maximum atomic E-state index is 11.7. The van der Waals surface area contributed by atoms with Crippen LogP contribution in [0, 0.1) is 5.92 Å². The molecule has 1 aromatic heterocycles. The van der Waals surface area contributed by atoms with E-state index in [0.717, 1.165) is 0 Å². The van der Waals surface area contributed by atoms with Crippen molar-refractivity contribution in [3.8, 4) is 0 Å². The minimum atomic E-state index is -1.03. The average molecular weight is 304 g/mol. The van der Waals surface area contributed by atoms with Gasteiger partial charge in [-0.25, -0.2) is 4.79 Å². The van der Waals surface area contributed by atoms with Crippen molar-refractivity contribution in [3.05, 3.63) is 22.6 Å². The molecule has 0 unspecified atom stereocenters. The van der Waals surface area contributed by atoms with Crippen molar-refractivity contribution in [1.82, 2.24) is 5.32 Å². The summed E-state index contributed by atoms with van der Waals surface area (Å²) in [6.07, 6.45) is 1.95. The van der Waals surface area contributed by atoms with Gasteiger partial charge in [0.25, 0.3) is 5.91 Å². The first-order valence-corrected chi connectivity index (χ1v) is 6.02. The maximum absolute atomic E-state index is 11.7. The SMILES string of the molecule is CC[C@@H](C)[C@@H](NC(=O)c1coc(Br)c1)C(=O)O. The molecule has 17 heavy (non-hydrogen) atoms. The van der Waals surface area contributed by atoms with Gasteiger partial charge in [0, 0.05) is 6.07 Å². The lowest BCUT2D eigenvalue weighted by Gasteiger charge is -2.19. The Hall–Kier alpha value is -1.30. The summed E-state index contributed by atoms with van der Waals surface area (Å²) in [4.78, 5) is 22.8. The highest BCUT2D eigenvalue weighted by molar-refractivity contribution is 9.10. The largest absolute Gasteiger partial charge is 0.480 e. The molecule has 0 fully saturated rings. The zero-order chi connectivity index (χ0) is 13.0. The van der Waals surface area contributed by atoms with Crippen molar-refractivity contribution in [3.63, 3.8) is 0 Å². The van der Waals surface area contributed by atoms with Crippen LogP contribution in [0.4, 0.5) is 0 Å². The summed E-state index contributed by atoms with van der Waals surface area (Å²) in [6, 6.07) is 0.603. The summed E-state index contributed by atoms with van der Waals surface area (Å²) >= 11 is 3.08. The number of hydrogen-bond acceptors (Lipinski definition) is 3. The molecule has 94 valence electrons. The van der Waals surface area contributed by atoms with E-state index in [-0.39, 0.29) is 5.92 Å². The molecule has 2 atom stereocenters. The summed E-state index contributed by atoms with van der Waals surface area (Å²) < 4.78 is 5.35. The van der Waals surface area contributed by atoms with Crippen molar-refractivity contribution in [2.24, 2.45) is 5.92 Å². The summed E-state index contributed by atoms with van der Waals surface area (Å²) in [5.41, 5.74) is 0.298. The average Bonchev–Trinajstić information content (AvgIpc) is 2.71. The monoisotopic (exact) mass is 303 g/mol. The molecule has 0 radical (unpaired) electrons. The number of amides is 1. The molecule has 1 rings (SSSR count). The second kappa shape index (κ2) is 5.86. The quantitative estimate of drug-likeness (QED) is 0.874. The third-order valence-electron chi connectivity index (χ3n) is 2.60. The van der Waals surface area contributed by atoms with Gasteiger partial charge in [0.05, 0.1) is 5.56 Å². The van der Waals surface area contributed by atoms with Crippen LogP contribution in [0.25, 0.3) is 0 Å². The Kier molecular flexibility index (Phi) is 4.74. The summed E-state index contributed by atoms with van der Waals surface area (Å²) in [5.74, 6) is -1.62. The molecule has 0 spiro atoms. The van der Waals surface area contributed by atoms with Gasteiger partial charge in [0.1, 0.15) is 12.3 Å². The fourth-order valence-corrected chi connectivity index (χ4v) is 1.68. The highest BCUT2D eigenvalue weighted by atomic mass is 79.9. The van der Waals surface area contributed by atoms with Crippen molar-refractivity contribution in [1.29, 1.82) is 0 Å². The van der Waals surface area contributed by atoms with Crippen LogP contribution >= 0.6 is 15.9 Å². The van der Waals surface area contributed by atoms with E-state index in [1.54, 1.807) is 6.92 Å². The number of nitrogens with one attached hydrogen (secondary N) is 1. The second-order valence-corrected chi connectivity index (χ2v) is 4.60. The van der Waals surface area contributed by atoms with E-state index in [1.165, 1.54) is 12.3 Å². The first kappa shape index (κ1) is 13.8. The summed E-state index contributed by atoms with van der Waals surface area (Å²) in [7, 11) is 0. The number of furan rings is 1. The van der Waals surface area contributed by atoms with Gasteiger partial charge in [-0.1, -0.05) is 20.3 Å². The Morgan fingerprint density at radius 3 is 2.65 bits per heavy atom. The number of carboxylic acid groups (broad SMARTS) is 1. The van der Waals surface area contributed by atoms with Gasteiger partial charge in [-0.05, 0) is 21.8 Å². The van der Waals surface area contributed by atoms with Gasteiger partial charge in [0.15, 0.2) is 4.67 Å². The molecule has 0 aliphatic rings. The number of carbonyl (C=O) groups excluding carboxylic acids is 1. The molecular formula is C11H14BrNO4. The third-order valence-corrected chi connectivity index (χ3v) is 3.01. The molecule has 1 heterocycles. The first-order valence-electron chi connectivity index (χ1n) is 5.23. The van der Waals surface area contributed by atoms with Crippen LogP contribution in [0.3, 0.4) is 0 Å². The van der Waals surface area contributed by atoms with Gasteiger partial charge < -0.3 is 14.8 Å². The van der Waals surface area contributed by atoms with E-state index < -0.39 is 17.9 Å². The van der Waals surface area contributed by atoms with E-state index in [2.05, 4.69) is 21.2 Å². The number of aliphatic carboxylic acids is 1. The van der Waals surface area contributed by atoms with Gasteiger partial charge in [-0.3, -0.25) is 4.79 Å². The lowest BCUT2D eigenvalue weighted by Crippen LogP contribution is -2.44. The Morgan fingerprint density at radius 1 is 1.59 bits per heavy atom. The van der Waals surface area contributed by atoms with E-state index >= 15 is 0 Å². The fraction of sp³-hybridized carbons (Fsp3) is 0.455. The predicted molar refractivity (Wildman–Crippen MR) is 64.8 cm³/mol. The molecule has 5 nitrogen and oxygen atoms in total. The number of hydrogen-bond donors (Lipinski definition) is 2. The van der Waals surface area contributed by atoms with Crippen LogP contribution in [0.1, 0.15) is 30.6 Å². The Balaban J connectivity index is 2.74. The molecule has 0 aliphatic carbocycles. The van der Waals surface area contributed by atoms with Gasteiger partial charge in [-0.15, -0.1) is 0 Å². The van der Waals surface area contributed by atoms with Gasteiger partial charge in [-0.2, -0.15) is 0 Å². The number of rotatable bonds is 5. The zero-order valence-electron chi connectivity index (χ0n) is 9.57.